The second kappa shape index (κ2) is 8.19. The maximum atomic E-state index is 4.72. The van der Waals surface area contributed by atoms with Crippen LogP contribution in [0.25, 0.3) is 0 Å². The molecule has 58 valence electrons. The molecular formula is C6H13LuO. The number of unbranched alkanes of at least 4 members (excludes halogenated alkanes) is 3. The molecule has 0 radical (unpaired) electrons. The Labute approximate surface area is 75.7 Å². The van der Waals surface area contributed by atoms with Crippen LogP contribution in [-0.2, 0) is 1.55 Å². The van der Waals surface area contributed by atoms with Crippen molar-refractivity contribution in [3.8, 4) is 0 Å². The first-order chi connectivity index (χ1) is 3.91. The molecule has 0 aliphatic heterocycles. The molecule has 0 aromatic heterocycles. The zero-order valence-corrected chi connectivity index (χ0v) is 6.86. The Morgan fingerprint density at radius 2 is 2.00 bits per heavy atom. The summed E-state index contributed by atoms with van der Waals surface area (Å²) in [6.07, 6.45) is 5.11. The molecule has 0 heterocycles. The summed E-state index contributed by atoms with van der Waals surface area (Å²) >= 11 is 2.77. The van der Waals surface area contributed by atoms with Gasteiger partial charge in [0, 0.05) is 0 Å². The summed E-state index contributed by atoms with van der Waals surface area (Å²) in [5.74, 6) is 0. The summed E-state index contributed by atoms with van der Waals surface area (Å²) in [6.45, 7) is 3.06. The zero-order valence-electron chi connectivity index (χ0n) is 5.20. The van der Waals surface area contributed by atoms with E-state index in [9.17, 15) is 0 Å². The van der Waals surface area contributed by atoms with Crippen LogP contribution in [0.5, 0.6) is 0 Å². The molecule has 8 heavy (non-hydrogen) atoms. The molecule has 0 rings (SSSR count). The van der Waals surface area contributed by atoms with Gasteiger partial charge in [-0.05, 0) is 0 Å². The fraction of sp³-hybridized carbons (Fsp3) is 1.00. The van der Waals surface area contributed by atoms with Gasteiger partial charge in [0.1, 0.15) is 0 Å². The fourth-order valence-electron chi connectivity index (χ4n) is 0.566. The van der Waals surface area contributed by atoms with E-state index in [0.717, 1.165) is 6.61 Å². The Bertz CT molecular complexity index is 33.5. The Morgan fingerprint density at radius 3 is 2.50 bits per heavy atom. The molecule has 0 fully saturated rings. The zero-order chi connectivity index (χ0) is 6.24. The van der Waals surface area contributed by atoms with E-state index in [-0.39, 0.29) is 0 Å². The molecule has 0 amide bonds. The van der Waals surface area contributed by atoms with Crippen molar-refractivity contribution in [3.05, 3.63) is 0 Å². The molecule has 0 unspecified atom stereocenters. The van der Waals surface area contributed by atoms with Gasteiger partial charge in [-0.2, -0.15) is 0 Å². The van der Waals surface area contributed by atoms with Gasteiger partial charge in [-0.1, -0.05) is 0 Å². The van der Waals surface area contributed by atoms with Crippen LogP contribution in [0.1, 0.15) is 32.6 Å². The summed E-state index contributed by atoms with van der Waals surface area (Å²) in [7, 11) is 0. The SMILES string of the molecule is CCCCCC[O][Lu]. The van der Waals surface area contributed by atoms with E-state index in [4.69, 9.17) is 1.55 Å². The van der Waals surface area contributed by atoms with Gasteiger partial charge >= 0.3 is 76.3 Å². The van der Waals surface area contributed by atoms with Crippen LogP contribution in [0.3, 0.4) is 0 Å². The molecule has 0 aliphatic rings. The first-order valence-electron chi connectivity index (χ1n) is 3.10. The van der Waals surface area contributed by atoms with Crippen LogP contribution in [0, 0.1) is 35.5 Å². The molecule has 0 aromatic carbocycles. The first kappa shape index (κ1) is 9.19. The fourth-order valence-corrected chi connectivity index (χ4v) is 0.805. The van der Waals surface area contributed by atoms with Gasteiger partial charge in [0.05, 0.1) is 0 Å². The molecular weight excluding hydrogens is 263 g/mol. The quantitative estimate of drug-likeness (QED) is 0.698. The van der Waals surface area contributed by atoms with Gasteiger partial charge < -0.3 is 0 Å². The molecule has 0 N–H and O–H groups in total. The van der Waals surface area contributed by atoms with E-state index in [1.54, 1.807) is 0 Å². The third-order valence-corrected chi connectivity index (χ3v) is 1.39. The number of hydrogen-bond donors (Lipinski definition) is 0. The van der Waals surface area contributed by atoms with E-state index in [1.165, 1.54) is 25.7 Å². The summed E-state index contributed by atoms with van der Waals surface area (Å²) in [5, 5.41) is 0. The van der Waals surface area contributed by atoms with Crippen LogP contribution in [0.4, 0.5) is 0 Å². The van der Waals surface area contributed by atoms with E-state index in [2.05, 4.69) is 42.4 Å². The molecule has 1 nitrogen and oxygen atoms in total. The minimum absolute atomic E-state index is 0.856. The van der Waals surface area contributed by atoms with Crippen molar-refractivity contribution in [1.82, 2.24) is 0 Å². The summed E-state index contributed by atoms with van der Waals surface area (Å²) in [6, 6.07) is 0. The Balaban J connectivity index is 2.53. The normalized spacial score (nSPS) is 9.88. The van der Waals surface area contributed by atoms with Gasteiger partial charge in [-0.3, -0.25) is 0 Å². The number of rotatable bonds is 5. The van der Waals surface area contributed by atoms with Crippen molar-refractivity contribution in [2.24, 2.45) is 0 Å². The molecule has 0 saturated heterocycles. The van der Waals surface area contributed by atoms with E-state index >= 15 is 0 Å². The Morgan fingerprint density at radius 1 is 1.25 bits per heavy atom. The molecule has 0 atom stereocenters. The Hall–Kier alpha value is 1.19. The van der Waals surface area contributed by atoms with E-state index in [0.29, 0.717) is 0 Å². The van der Waals surface area contributed by atoms with Gasteiger partial charge in [0.2, 0.25) is 0 Å². The van der Waals surface area contributed by atoms with Crippen molar-refractivity contribution in [3.63, 3.8) is 0 Å². The van der Waals surface area contributed by atoms with E-state index < -0.39 is 0 Å². The van der Waals surface area contributed by atoms with Crippen molar-refractivity contribution < 1.29 is 37.1 Å². The second-order valence-corrected chi connectivity index (χ2v) is 2.32. The molecule has 2 heteroatoms. The third kappa shape index (κ3) is 7.19. The summed E-state index contributed by atoms with van der Waals surface area (Å²) in [5.41, 5.74) is 0. The van der Waals surface area contributed by atoms with E-state index in [1.807, 2.05) is 0 Å². The second-order valence-electron chi connectivity index (χ2n) is 1.84. The summed E-state index contributed by atoms with van der Waals surface area (Å²) in [4.78, 5) is 0. The van der Waals surface area contributed by atoms with Crippen molar-refractivity contribution in [2.45, 2.75) is 32.6 Å². The van der Waals surface area contributed by atoms with Crippen LogP contribution >= 0.6 is 0 Å². The van der Waals surface area contributed by atoms with Crippen LogP contribution in [-0.4, -0.2) is 6.61 Å². The van der Waals surface area contributed by atoms with Crippen molar-refractivity contribution >= 4 is 0 Å². The van der Waals surface area contributed by atoms with Gasteiger partial charge in [-0.25, -0.2) is 0 Å². The minimum atomic E-state index is 0.856. The third-order valence-electron chi connectivity index (χ3n) is 1.05. The standard InChI is InChI=1S/C6H13O.Lu/c1-2-3-4-5-6-7;/h2-6H2,1H3;/q-1;+1. The predicted octanol–water partition coefficient (Wildman–Crippen LogP) is 2.05. The number of hydrogen-bond acceptors (Lipinski definition) is 1. The summed E-state index contributed by atoms with van der Waals surface area (Å²) < 4.78 is 4.72. The average molecular weight is 276 g/mol. The average Bonchev–Trinajstić information content (AvgIpc) is 1.81. The van der Waals surface area contributed by atoms with Gasteiger partial charge in [0.25, 0.3) is 0 Å². The molecule has 0 bridgehead atoms. The van der Waals surface area contributed by atoms with Crippen molar-refractivity contribution in [1.29, 1.82) is 0 Å². The van der Waals surface area contributed by atoms with Crippen molar-refractivity contribution in [2.75, 3.05) is 6.61 Å². The van der Waals surface area contributed by atoms with Gasteiger partial charge in [0.15, 0.2) is 0 Å². The predicted molar refractivity (Wildman–Crippen MR) is 30.1 cm³/mol. The molecule has 0 spiro atoms. The van der Waals surface area contributed by atoms with Gasteiger partial charge in [-0.15, -0.1) is 0 Å². The molecule has 0 aromatic rings. The van der Waals surface area contributed by atoms with Crippen LogP contribution in [0.2, 0.25) is 0 Å². The molecule has 0 saturated carbocycles. The van der Waals surface area contributed by atoms with Crippen LogP contribution < -0.4 is 0 Å². The van der Waals surface area contributed by atoms with Crippen LogP contribution in [0.15, 0.2) is 0 Å². The molecule has 0 aliphatic carbocycles. The Kier molecular flexibility index (Phi) is 9.42. The maximum absolute atomic E-state index is 4.72. The topological polar surface area (TPSA) is 9.23 Å². The first-order valence-corrected chi connectivity index (χ1v) is 3.78. The monoisotopic (exact) mass is 276 g/mol.